The molecule has 5 heterocycles. The maximum Gasteiger partial charge on any atom is 0.246 e. The molecule has 0 radical (unpaired) electrons. The Kier molecular flexibility index (Phi) is 7.46. The number of rotatable bonds is 7. The first-order valence-electron chi connectivity index (χ1n) is 13.7. The quantitative estimate of drug-likeness (QED) is 0.192. The fourth-order valence-electron chi connectivity index (χ4n) is 5.40. The van der Waals surface area contributed by atoms with Crippen LogP contribution >= 0.6 is 11.3 Å². The Morgan fingerprint density at radius 2 is 2.02 bits per heavy atom. The maximum absolute atomic E-state index is 15.8. The lowest BCUT2D eigenvalue weighted by Crippen LogP contribution is -2.27. The van der Waals surface area contributed by atoms with Crippen LogP contribution in [0.15, 0.2) is 67.1 Å². The van der Waals surface area contributed by atoms with Crippen molar-refractivity contribution in [3.05, 3.63) is 84.3 Å². The number of carbonyl (C=O) groups excluding carboxylic acids is 1. The molecule has 0 unspecified atom stereocenters. The third-order valence-corrected chi connectivity index (χ3v) is 8.21. The zero-order valence-electron chi connectivity index (χ0n) is 23.4. The van der Waals surface area contributed by atoms with Crippen LogP contribution < -0.4 is 4.74 Å². The van der Waals surface area contributed by atoms with Gasteiger partial charge in [0.05, 0.1) is 40.9 Å². The molecule has 0 spiro atoms. The van der Waals surface area contributed by atoms with Crippen molar-refractivity contribution in [3.63, 3.8) is 0 Å². The number of pyridine rings is 2. The molecule has 8 nitrogen and oxygen atoms in total. The van der Waals surface area contributed by atoms with Crippen molar-refractivity contribution >= 4 is 27.3 Å². The summed E-state index contributed by atoms with van der Waals surface area (Å²) in [5.41, 5.74) is 3.11. The molecule has 5 aromatic rings. The summed E-state index contributed by atoms with van der Waals surface area (Å²) in [5, 5.41) is 16.7. The maximum atomic E-state index is 15.8. The first-order chi connectivity index (χ1) is 20.8. The largest absolute Gasteiger partial charge is 0.490 e. The van der Waals surface area contributed by atoms with Crippen molar-refractivity contribution in [1.29, 1.82) is 5.26 Å². The summed E-state index contributed by atoms with van der Waals surface area (Å²) in [6.45, 7) is 8.22. The Bertz CT molecular complexity index is 1930. The highest BCUT2D eigenvalue weighted by molar-refractivity contribution is 7.18. The first kappa shape index (κ1) is 28.2. The number of fused-ring (bicyclic) bond motifs is 1. The lowest BCUT2D eigenvalue weighted by Gasteiger charge is -2.19. The summed E-state index contributed by atoms with van der Waals surface area (Å²) >= 11 is 1.39. The van der Waals surface area contributed by atoms with Crippen molar-refractivity contribution in [2.24, 2.45) is 0 Å². The highest BCUT2D eigenvalue weighted by atomic mass is 32.1. The van der Waals surface area contributed by atoms with Crippen LogP contribution in [-0.2, 0) is 4.79 Å². The zero-order valence-corrected chi connectivity index (χ0v) is 24.2. The molecule has 1 aromatic carbocycles. The van der Waals surface area contributed by atoms with Gasteiger partial charge in [-0.3, -0.25) is 14.5 Å². The summed E-state index contributed by atoms with van der Waals surface area (Å²) in [7, 11) is 0. The topological polar surface area (TPSA) is 96.9 Å². The number of hydrogen-bond acceptors (Lipinski definition) is 7. The number of amides is 1. The molecule has 4 aromatic heterocycles. The highest BCUT2D eigenvalue weighted by Gasteiger charge is 2.29. The molecule has 11 heteroatoms. The number of likely N-dealkylation sites (tertiary alicyclic amines) is 1. The molecule has 0 bridgehead atoms. The summed E-state index contributed by atoms with van der Waals surface area (Å²) in [4.78, 5) is 23.2. The van der Waals surface area contributed by atoms with E-state index in [4.69, 9.17) is 9.72 Å². The minimum Gasteiger partial charge on any atom is -0.490 e. The second-order valence-corrected chi connectivity index (χ2v) is 11.4. The van der Waals surface area contributed by atoms with Crippen molar-refractivity contribution < 1.29 is 18.3 Å². The second-order valence-electron chi connectivity index (χ2n) is 10.5. The van der Waals surface area contributed by atoms with Gasteiger partial charge < -0.3 is 9.64 Å². The van der Waals surface area contributed by atoms with Gasteiger partial charge in [-0.1, -0.05) is 6.58 Å². The number of halogens is 2. The van der Waals surface area contributed by atoms with Crippen LogP contribution in [0.3, 0.4) is 0 Å². The van der Waals surface area contributed by atoms with E-state index in [2.05, 4.69) is 22.7 Å². The molecule has 43 heavy (non-hydrogen) atoms. The number of carbonyl (C=O) groups is 1. The van der Waals surface area contributed by atoms with Crippen molar-refractivity contribution in [2.45, 2.75) is 32.4 Å². The van der Waals surface area contributed by atoms with Gasteiger partial charge in [-0.25, -0.2) is 13.8 Å². The number of ether oxygens (including phenoxy) is 1. The summed E-state index contributed by atoms with van der Waals surface area (Å²) < 4.78 is 38.8. The van der Waals surface area contributed by atoms with E-state index in [-0.39, 0.29) is 29.4 Å². The minimum absolute atomic E-state index is 0.0629. The molecule has 6 rings (SSSR count). The van der Waals surface area contributed by atoms with E-state index in [9.17, 15) is 14.4 Å². The standard InChI is InChI=1S/C32H26F2N6O2S/c1-4-27(41)39-7-5-23(17-39)40-16-21(15-37-40)31-29(28-25(34)10-22(33)11-26(28)42-18(2)3)32-24(6-8-43-32)30(38-31)20-9-19(12-35)13-36-14-20/h4,6,8-11,13-16,18,23H,1,5,7,17H2,2-3H3/t23-/m0/s1. The zero-order chi connectivity index (χ0) is 30.2. The fraction of sp³-hybridized carbons (Fsp3) is 0.219. The van der Waals surface area contributed by atoms with Crippen LogP contribution in [0.4, 0.5) is 8.78 Å². The van der Waals surface area contributed by atoms with Gasteiger partial charge in [-0.15, -0.1) is 11.3 Å². The lowest BCUT2D eigenvalue weighted by molar-refractivity contribution is -0.125. The van der Waals surface area contributed by atoms with E-state index >= 15 is 4.39 Å². The van der Waals surface area contributed by atoms with Gasteiger partial charge in [-0.05, 0) is 43.9 Å². The molecule has 1 aliphatic rings. The van der Waals surface area contributed by atoms with Crippen LogP contribution in [-0.4, -0.2) is 49.7 Å². The van der Waals surface area contributed by atoms with Crippen molar-refractivity contribution in [2.75, 3.05) is 13.1 Å². The van der Waals surface area contributed by atoms with Gasteiger partial charge in [-0.2, -0.15) is 10.4 Å². The van der Waals surface area contributed by atoms with Crippen molar-refractivity contribution in [3.8, 4) is 45.5 Å². The van der Waals surface area contributed by atoms with Crippen LogP contribution in [0.25, 0.3) is 43.7 Å². The summed E-state index contributed by atoms with van der Waals surface area (Å²) in [6, 6.07) is 7.66. The molecule has 1 saturated heterocycles. The molecular weight excluding hydrogens is 570 g/mol. The van der Waals surface area contributed by atoms with Gasteiger partial charge in [0.1, 0.15) is 23.5 Å². The fourth-order valence-corrected chi connectivity index (χ4v) is 6.35. The molecule has 0 N–H and O–H groups in total. The number of thiophene rings is 1. The van der Waals surface area contributed by atoms with E-state index in [0.29, 0.717) is 57.9 Å². The van der Waals surface area contributed by atoms with Gasteiger partial charge >= 0.3 is 0 Å². The summed E-state index contributed by atoms with van der Waals surface area (Å²) in [6.07, 6.45) is 8.25. The Morgan fingerprint density at radius 1 is 1.19 bits per heavy atom. The minimum atomic E-state index is -0.781. The van der Waals surface area contributed by atoms with E-state index in [1.165, 1.54) is 29.7 Å². The second kappa shape index (κ2) is 11.4. The first-order valence-corrected chi connectivity index (χ1v) is 14.5. The Labute approximate surface area is 250 Å². The predicted molar refractivity (Wildman–Crippen MR) is 160 cm³/mol. The Balaban J connectivity index is 1.59. The third kappa shape index (κ3) is 5.26. The number of hydrogen-bond donors (Lipinski definition) is 0. The smallest absolute Gasteiger partial charge is 0.246 e. The van der Waals surface area contributed by atoms with Crippen LogP contribution in [0.5, 0.6) is 5.75 Å². The lowest BCUT2D eigenvalue weighted by atomic mass is 9.96. The van der Waals surface area contributed by atoms with E-state index in [1.54, 1.807) is 41.9 Å². The number of benzene rings is 1. The molecule has 1 aliphatic heterocycles. The molecule has 0 saturated carbocycles. The highest BCUT2D eigenvalue weighted by Crippen LogP contribution is 2.47. The third-order valence-electron chi connectivity index (χ3n) is 7.28. The number of aromatic nitrogens is 4. The average Bonchev–Trinajstić information content (AvgIpc) is 3.77. The molecule has 1 atom stereocenters. The SMILES string of the molecule is C=CC(=O)N1CC[C@H](n2cc(-c3nc(-c4cncc(C#N)c4)c4ccsc4c3-c3c(F)cc(F)cc3OC(C)C)cn2)C1. The van der Waals surface area contributed by atoms with E-state index in [1.807, 2.05) is 17.6 Å². The average molecular weight is 597 g/mol. The molecule has 0 aliphatic carbocycles. The Morgan fingerprint density at radius 3 is 2.79 bits per heavy atom. The predicted octanol–water partition coefficient (Wildman–Crippen LogP) is 6.79. The van der Waals surface area contributed by atoms with Gasteiger partial charge in [0.25, 0.3) is 0 Å². The summed E-state index contributed by atoms with van der Waals surface area (Å²) in [5.74, 6) is -1.61. The number of nitriles is 1. The number of nitrogens with zero attached hydrogens (tertiary/aromatic N) is 6. The molecule has 216 valence electrons. The van der Waals surface area contributed by atoms with Crippen LogP contribution in [0, 0.1) is 23.0 Å². The monoisotopic (exact) mass is 596 g/mol. The van der Waals surface area contributed by atoms with Gasteiger partial charge in [0.15, 0.2) is 0 Å². The van der Waals surface area contributed by atoms with E-state index in [0.717, 1.165) is 11.5 Å². The van der Waals surface area contributed by atoms with E-state index < -0.39 is 11.6 Å². The molecule has 1 amide bonds. The normalized spacial score (nSPS) is 14.8. The Hall–Kier alpha value is -4.95. The van der Waals surface area contributed by atoms with Crippen LogP contribution in [0.2, 0.25) is 0 Å². The van der Waals surface area contributed by atoms with Gasteiger partial charge in [0.2, 0.25) is 5.91 Å². The molecule has 1 fully saturated rings. The van der Waals surface area contributed by atoms with Gasteiger partial charge in [0, 0.05) is 70.6 Å². The van der Waals surface area contributed by atoms with Crippen molar-refractivity contribution in [1.82, 2.24) is 24.6 Å². The van der Waals surface area contributed by atoms with Crippen LogP contribution in [0.1, 0.15) is 31.9 Å². The molecular formula is C32H26F2N6O2S.